The smallest absolute Gasteiger partial charge is 0.338 e. The van der Waals surface area contributed by atoms with Crippen LogP contribution in [0, 0.1) is 0 Å². The molecule has 0 heterocycles. The number of anilines is 2. The molecule has 0 saturated heterocycles. The molecule has 2 aromatic carbocycles. The number of amides is 2. The lowest BCUT2D eigenvalue weighted by Crippen LogP contribution is -2.16. The van der Waals surface area contributed by atoms with Crippen LogP contribution in [0.5, 0.6) is 0 Å². The highest BCUT2D eigenvalue weighted by Crippen LogP contribution is 2.14. The Morgan fingerprint density at radius 1 is 0.906 bits per heavy atom. The summed E-state index contributed by atoms with van der Waals surface area (Å²) >= 11 is 0. The van der Waals surface area contributed by atoms with E-state index in [2.05, 4.69) is 15.4 Å². The Bertz CT molecular complexity index is 1010. The summed E-state index contributed by atoms with van der Waals surface area (Å²) in [5.74, 6) is -1.93. The molecule has 8 heteroatoms. The lowest BCUT2D eigenvalue weighted by molar-refractivity contribution is -0.114. The number of ether oxygens (including phenoxy) is 2. The Balaban J connectivity index is 1.96. The van der Waals surface area contributed by atoms with Gasteiger partial charge in [0.2, 0.25) is 5.91 Å². The van der Waals surface area contributed by atoms with Crippen LogP contribution in [0.3, 0.4) is 0 Å². The summed E-state index contributed by atoms with van der Waals surface area (Å²) in [5, 5.41) is 5.27. The quantitative estimate of drug-likeness (QED) is 0.348. The molecule has 32 heavy (non-hydrogen) atoms. The minimum Gasteiger partial charge on any atom is -0.465 e. The average Bonchev–Trinajstić information content (AvgIpc) is 2.79. The Kier molecular flexibility index (Phi) is 9.16. The molecular formula is C24H26N2O6. The van der Waals surface area contributed by atoms with Crippen LogP contribution in [0.1, 0.15) is 47.4 Å². The predicted octanol–water partition coefficient (Wildman–Crippen LogP) is 3.95. The molecular weight excluding hydrogens is 412 g/mol. The largest absolute Gasteiger partial charge is 0.465 e. The van der Waals surface area contributed by atoms with Crippen LogP contribution in [-0.4, -0.2) is 37.5 Å². The van der Waals surface area contributed by atoms with Gasteiger partial charge in [0.25, 0.3) is 5.91 Å². The number of hydrogen-bond donors (Lipinski definition) is 2. The number of hydrogen-bond acceptors (Lipinski definition) is 6. The van der Waals surface area contributed by atoms with Crippen molar-refractivity contribution in [1.82, 2.24) is 0 Å². The van der Waals surface area contributed by atoms with Crippen molar-refractivity contribution in [3.8, 4) is 0 Å². The first kappa shape index (κ1) is 24.3. The van der Waals surface area contributed by atoms with Gasteiger partial charge in [-0.3, -0.25) is 9.59 Å². The van der Waals surface area contributed by atoms with E-state index in [1.807, 2.05) is 6.92 Å². The van der Waals surface area contributed by atoms with Crippen molar-refractivity contribution < 1.29 is 28.7 Å². The van der Waals surface area contributed by atoms with Crippen LogP contribution in [-0.2, 0) is 19.1 Å². The first-order valence-corrected chi connectivity index (χ1v) is 10.1. The molecule has 168 valence electrons. The zero-order valence-corrected chi connectivity index (χ0v) is 18.3. The highest BCUT2D eigenvalue weighted by Gasteiger charge is 2.11. The molecule has 0 unspecified atom stereocenters. The fourth-order valence-electron chi connectivity index (χ4n) is 2.59. The Morgan fingerprint density at radius 3 is 2.28 bits per heavy atom. The number of esters is 2. The predicted molar refractivity (Wildman–Crippen MR) is 120 cm³/mol. The maximum Gasteiger partial charge on any atom is 0.338 e. The van der Waals surface area contributed by atoms with Gasteiger partial charge in [-0.15, -0.1) is 0 Å². The summed E-state index contributed by atoms with van der Waals surface area (Å²) in [6.07, 6.45) is 2.86. The summed E-state index contributed by atoms with van der Waals surface area (Å²) in [6.45, 7) is 3.84. The van der Waals surface area contributed by atoms with Gasteiger partial charge >= 0.3 is 11.9 Å². The molecule has 2 N–H and O–H groups in total. The first-order valence-electron chi connectivity index (χ1n) is 10.1. The number of methoxy groups -OCH3 is 1. The molecule has 0 radical (unpaired) electrons. The van der Waals surface area contributed by atoms with E-state index in [4.69, 9.17) is 4.74 Å². The highest BCUT2D eigenvalue weighted by molar-refractivity contribution is 6.10. The lowest BCUT2D eigenvalue weighted by Gasteiger charge is -2.08. The van der Waals surface area contributed by atoms with Crippen LogP contribution in [0.25, 0.3) is 0 Å². The summed E-state index contributed by atoms with van der Waals surface area (Å²) in [7, 11) is 1.28. The Labute approximate surface area is 186 Å². The van der Waals surface area contributed by atoms with E-state index in [1.54, 1.807) is 30.3 Å². The van der Waals surface area contributed by atoms with Crippen molar-refractivity contribution in [2.24, 2.45) is 0 Å². The van der Waals surface area contributed by atoms with Gasteiger partial charge in [0.15, 0.2) is 0 Å². The number of rotatable bonds is 9. The fourth-order valence-corrected chi connectivity index (χ4v) is 2.59. The van der Waals surface area contributed by atoms with Gasteiger partial charge < -0.3 is 20.1 Å². The van der Waals surface area contributed by atoms with Crippen LogP contribution in [0.4, 0.5) is 11.4 Å². The monoisotopic (exact) mass is 438 g/mol. The minimum atomic E-state index is -0.518. The molecule has 2 aromatic rings. The topological polar surface area (TPSA) is 111 Å². The molecule has 0 aliphatic rings. The lowest BCUT2D eigenvalue weighted by atomic mass is 10.2. The van der Waals surface area contributed by atoms with E-state index in [0.29, 0.717) is 29.1 Å². The van der Waals surface area contributed by atoms with Crippen molar-refractivity contribution in [3.05, 3.63) is 71.3 Å². The molecule has 8 nitrogen and oxygen atoms in total. The van der Waals surface area contributed by atoms with E-state index in [0.717, 1.165) is 18.9 Å². The van der Waals surface area contributed by atoms with Crippen molar-refractivity contribution in [2.45, 2.75) is 26.7 Å². The first-order chi connectivity index (χ1) is 15.3. The summed E-state index contributed by atoms with van der Waals surface area (Å²) in [5.41, 5.74) is 1.73. The van der Waals surface area contributed by atoms with E-state index in [-0.39, 0.29) is 5.57 Å². The van der Waals surface area contributed by atoms with E-state index in [1.165, 1.54) is 32.2 Å². The third-order valence-electron chi connectivity index (χ3n) is 4.37. The van der Waals surface area contributed by atoms with Gasteiger partial charge in [-0.1, -0.05) is 19.4 Å². The van der Waals surface area contributed by atoms with Crippen molar-refractivity contribution in [2.75, 3.05) is 24.4 Å². The molecule has 0 bridgehead atoms. The summed E-state index contributed by atoms with van der Waals surface area (Å²) in [6, 6.07) is 12.5. The molecule has 0 fully saturated rings. The zero-order valence-electron chi connectivity index (χ0n) is 18.3. The van der Waals surface area contributed by atoms with E-state index >= 15 is 0 Å². The third-order valence-corrected chi connectivity index (χ3v) is 4.37. The van der Waals surface area contributed by atoms with E-state index in [9.17, 15) is 19.2 Å². The standard InChI is InChI=1S/C24H26N2O6/c1-4-5-13-32-24(30)18-7-6-8-20(15-18)25-21(27)14-16(2)22(28)26-19-11-9-17(10-12-19)23(29)31-3/h6-12,14-15H,4-5,13H2,1-3H3,(H,25,27)(H,26,28)/b16-14+. The zero-order chi connectivity index (χ0) is 23.5. The second kappa shape index (κ2) is 12.0. The molecule has 0 aromatic heterocycles. The molecule has 0 atom stereocenters. The van der Waals surface area contributed by atoms with E-state index < -0.39 is 23.8 Å². The van der Waals surface area contributed by atoms with Gasteiger partial charge in [0.1, 0.15) is 0 Å². The Morgan fingerprint density at radius 2 is 1.62 bits per heavy atom. The van der Waals surface area contributed by atoms with Crippen LogP contribution in [0.2, 0.25) is 0 Å². The van der Waals surface area contributed by atoms with Gasteiger partial charge in [-0.05, 0) is 55.8 Å². The van der Waals surface area contributed by atoms with Crippen molar-refractivity contribution in [1.29, 1.82) is 0 Å². The molecule has 2 amide bonds. The highest BCUT2D eigenvalue weighted by atomic mass is 16.5. The van der Waals surface area contributed by atoms with Crippen LogP contribution >= 0.6 is 0 Å². The number of nitrogens with one attached hydrogen (secondary N) is 2. The second-order valence-corrected chi connectivity index (χ2v) is 6.91. The molecule has 0 aliphatic carbocycles. The number of benzene rings is 2. The third kappa shape index (κ3) is 7.39. The van der Waals surface area contributed by atoms with Gasteiger partial charge in [0, 0.05) is 23.0 Å². The maximum absolute atomic E-state index is 12.3. The van der Waals surface area contributed by atoms with Gasteiger partial charge in [0.05, 0.1) is 24.8 Å². The fraction of sp³-hybridized carbons (Fsp3) is 0.250. The van der Waals surface area contributed by atoms with Crippen molar-refractivity contribution >= 4 is 35.1 Å². The van der Waals surface area contributed by atoms with Crippen molar-refractivity contribution in [3.63, 3.8) is 0 Å². The molecule has 2 rings (SSSR count). The Hall–Kier alpha value is -3.94. The molecule has 0 spiro atoms. The maximum atomic E-state index is 12.3. The van der Waals surface area contributed by atoms with Gasteiger partial charge in [-0.25, -0.2) is 9.59 Å². The number of carbonyl (C=O) groups excluding carboxylic acids is 4. The summed E-state index contributed by atoms with van der Waals surface area (Å²) in [4.78, 5) is 48.1. The van der Waals surface area contributed by atoms with Gasteiger partial charge in [-0.2, -0.15) is 0 Å². The number of unbranched alkanes of at least 4 members (excludes halogenated alkanes) is 1. The normalized spacial score (nSPS) is 10.8. The van der Waals surface area contributed by atoms with Crippen LogP contribution in [0.15, 0.2) is 60.2 Å². The SMILES string of the molecule is CCCCOC(=O)c1cccc(NC(=O)/C=C(\C)C(=O)Nc2ccc(C(=O)OC)cc2)c1. The molecule has 0 saturated carbocycles. The average molecular weight is 438 g/mol. The molecule has 0 aliphatic heterocycles. The number of carbonyl (C=O) groups is 4. The second-order valence-electron chi connectivity index (χ2n) is 6.91. The summed E-state index contributed by atoms with van der Waals surface area (Å²) < 4.78 is 9.79. The van der Waals surface area contributed by atoms with Crippen LogP contribution < -0.4 is 10.6 Å². The minimum absolute atomic E-state index is 0.176.